The number of ether oxygens (including phenoxy) is 1. The van der Waals surface area contributed by atoms with E-state index in [0.29, 0.717) is 22.7 Å². The molecule has 31 heavy (non-hydrogen) atoms. The Balaban J connectivity index is 1.73. The number of pyridine rings is 1. The molecule has 154 valence electrons. The highest BCUT2D eigenvalue weighted by Crippen LogP contribution is 2.29. The van der Waals surface area contributed by atoms with Crippen LogP contribution in [-0.4, -0.2) is 23.9 Å². The summed E-state index contributed by atoms with van der Waals surface area (Å²) in [4.78, 5) is 29.5. The van der Waals surface area contributed by atoms with Crippen LogP contribution < -0.4 is 15.4 Å². The topological polar surface area (TPSA) is 80.3 Å². The van der Waals surface area contributed by atoms with Crippen molar-refractivity contribution in [3.63, 3.8) is 0 Å². The van der Waals surface area contributed by atoms with Crippen molar-refractivity contribution in [1.82, 2.24) is 4.98 Å². The number of anilines is 2. The van der Waals surface area contributed by atoms with Crippen molar-refractivity contribution in [2.24, 2.45) is 0 Å². The van der Waals surface area contributed by atoms with E-state index in [9.17, 15) is 9.59 Å². The first-order valence-electron chi connectivity index (χ1n) is 9.77. The quantitative estimate of drug-likeness (QED) is 0.478. The molecule has 0 atom stereocenters. The number of amides is 2. The van der Waals surface area contributed by atoms with E-state index >= 15 is 0 Å². The first-order chi connectivity index (χ1) is 15.0. The zero-order valence-electron chi connectivity index (χ0n) is 17.2. The molecule has 4 aromatic rings. The number of nitrogens with zero attached hydrogens (tertiary/aromatic N) is 1. The Morgan fingerprint density at radius 3 is 2.35 bits per heavy atom. The Labute approximate surface area is 179 Å². The minimum Gasteiger partial charge on any atom is -0.495 e. The van der Waals surface area contributed by atoms with Gasteiger partial charge in [0.05, 0.1) is 29.6 Å². The average molecular weight is 411 g/mol. The van der Waals surface area contributed by atoms with E-state index in [1.54, 1.807) is 24.3 Å². The summed E-state index contributed by atoms with van der Waals surface area (Å²) in [6, 6.07) is 24.2. The van der Waals surface area contributed by atoms with Gasteiger partial charge in [0.25, 0.3) is 5.91 Å². The van der Waals surface area contributed by atoms with Crippen LogP contribution in [0.2, 0.25) is 0 Å². The molecular formula is C25H21N3O3. The predicted molar refractivity (Wildman–Crippen MR) is 122 cm³/mol. The standard InChI is InChI=1S/C25H21N3O3/c1-16(29)26-23-14-18(12-13-24(23)31-2)27-25(30)20-15-22(17-8-4-3-5-9-17)28-21-11-7-6-10-19(20)21/h3-15H,1-2H3,(H,26,29)(H,27,30). The number of nitrogens with one attached hydrogen (secondary N) is 2. The molecule has 1 aromatic heterocycles. The van der Waals surface area contributed by atoms with Crippen molar-refractivity contribution in [2.75, 3.05) is 17.7 Å². The molecule has 2 N–H and O–H groups in total. The van der Waals surface area contributed by atoms with Gasteiger partial charge >= 0.3 is 0 Å². The highest BCUT2D eigenvalue weighted by molar-refractivity contribution is 6.13. The molecule has 0 aliphatic heterocycles. The van der Waals surface area contributed by atoms with Crippen LogP contribution in [0.4, 0.5) is 11.4 Å². The summed E-state index contributed by atoms with van der Waals surface area (Å²) in [6.07, 6.45) is 0. The lowest BCUT2D eigenvalue weighted by molar-refractivity contribution is -0.114. The summed E-state index contributed by atoms with van der Waals surface area (Å²) in [6.45, 7) is 1.42. The maximum absolute atomic E-state index is 13.2. The van der Waals surface area contributed by atoms with E-state index in [-0.39, 0.29) is 11.8 Å². The largest absolute Gasteiger partial charge is 0.495 e. The fourth-order valence-corrected chi connectivity index (χ4v) is 3.39. The molecule has 1 heterocycles. The number of benzene rings is 3. The molecular weight excluding hydrogens is 390 g/mol. The van der Waals surface area contributed by atoms with Crippen LogP contribution >= 0.6 is 0 Å². The van der Waals surface area contributed by atoms with Crippen molar-refractivity contribution in [3.05, 3.63) is 84.4 Å². The lowest BCUT2D eigenvalue weighted by atomic mass is 10.0. The molecule has 0 fully saturated rings. The Morgan fingerprint density at radius 2 is 1.61 bits per heavy atom. The molecule has 0 aliphatic carbocycles. The van der Waals surface area contributed by atoms with Gasteiger partial charge in [-0.1, -0.05) is 48.5 Å². The predicted octanol–water partition coefficient (Wildman–Crippen LogP) is 5.12. The molecule has 0 radical (unpaired) electrons. The number of hydrogen-bond donors (Lipinski definition) is 2. The van der Waals surface area contributed by atoms with Gasteiger partial charge in [-0.15, -0.1) is 0 Å². The lowest BCUT2D eigenvalue weighted by Crippen LogP contribution is -2.14. The third-order valence-corrected chi connectivity index (χ3v) is 4.80. The highest BCUT2D eigenvalue weighted by atomic mass is 16.5. The van der Waals surface area contributed by atoms with E-state index in [2.05, 4.69) is 10.6 Å². The van der Waals surface area contributed by atoms with Gasteiger partial charge in [-0.3, -0.25) is 9.59 Å². The lowest BCUT2D eigenvalue weighted by Gasteiger charge is -2.13. The number of carbonyl (C=O) groups excluding carboxylic acids is 2. The average Bonchev–Trinajstić information content (AvgIpc) is 2.78. The number of fused-ring (bicyclic) bond motifs is 1. The van der Waals surface area contributed by atoms with Gasteiger partial charge in [0.15, 0.2) is 0 Å². The molecule has 0 saturated heterocycles. The maximum Gasteiger partial charge on any atom is 0.256 e. The van der Waals surface area contributed by atoms with Gasteiger partial charge in [-0.25, -0.2) is 4.98 Å². The van der Waals surface area contributed by atoms with E-state index in [1.165, 1.54) is 14.0 Å². The van der Waals surface area contributed by atoms with E-state index < -0.39 is 0 Å². The highest BCUT2D eigenvalue weighted by Gasteiger charge is 2.15. The summed E-state index contributed by atoms with van der Waals surface area (Å²) in [5.74, 6) is 0.0121. The molecule has 4 rings (SSSR count). The summed E-state index contributed by atoms with van der Waals surface area (Å²) in [5.41, 5.74) is 3.93. The third-order valence-electron chi connectivity index (χ3n) is 4.80. The monoisotopic (exact) mass is 411 g/mol. The molecule has 3 aromatic carbocycles. The number of rotatable bonds is 5. The minimum atomic E-state index is -0.269. The molecule has 2 amide bonds. The zero-order valence-corrected chi connectivity index (χ0v) is 17.2. The summed E-state index contributed by atoms with van der Waals surface area (Å²) < 4.78 is 5.28. The molecule has 6 nitrogen and oxygen atoms in total. The molecule has 0 aliphatic rings. The van der Waals surface area contributed by atoms with Crippen molar-refractivity contribution in [3.8, 4) is 17.0 Å². The van der Waals surface area contributed by atoms with Gasteiger partial charge in [0.1, 0.15) is 5.75 Å². The minimum absolute atomic E-state index is 0.227. The van der Waals surface area contributed by atoms with Crippen molar-refractivity contribution in [2.45, 2.75) is 6.92 Å². The smallest absolute Gasteiger partial charge is 0.256 e. The van der Waals surface area contributed by atoms with Gasteiger partial charge in [0, 0.05) is 23.6 Å². The summed E-state index contributed by atoms with van der Waals surface area (Å²) in [5, 5.41) is 6.39. The Kier molecular flexibility index (Phi) is 5.62. The Hall–Kier alpha value is -4.19. The zero-order chi connectivity index (χ0) is 21.8. The van der Waals surface area contributed by atoms with Crippen LogP contribution in [-0.2, 0) is 4.79 Å². The van der Waals surface area contributed by atoms with Gasteiger partial charge in [0.2, 0.25) is 5.91 Å². The summed E-state index contributed by atoms with van der Waals surface area (Å²) >= 11 is 0. The summed E-state index contributed by atoms with van der Waals surface area (Å²) in [7, 11) is 1.52. The maximum atomic E-state index is 13.2. The van der Waals surface area contributed by atoms with Crippen molar-refractivity contribution < 1.29 is 14.3 Å². The second-order valence-electron chi connectivity index (χ2n) is 6.99. The van der Waals surface area contributed by atoms with Crippen LogP contribution in [0.25, 0.3) is 22.2 Å². The fourth-order valence-electron chi connectivity index (χ4n) is 3.39. The second-order valence-corrected chi connectivity index (χ2v) is 6.99. The van der Waals surface area contributed by atoms with Gasteiger partial charge < -0.3 is 15.4 Å². The Bertz CT molecular complexity index is 1270. The number of aromatic nitrogens is 1. The first kappa shape index (κ1) is 20.1. The number of para-hydroxylation sites is 1. The van der Waals surface area contributed by atoms with Gasteiger partial charge in [-0.2, -0.15) is 0 Å². The van der Waals surface area contributed by atoms with Crippen LogP contribution in [0.1, 0.15) is 17.3 Å². The van der Waals surface area contributed by atoms with Crippen LogP contribution in [0, 0.1) is 0 Å². The SMILES string of the molecule is COc1ccc(NC(=O)c2cc(-c3ccccc3)nc3ccccc23)cc1NC(C)=O. The number of hydrogen-bond acceptors (Lipinski definition) is 4. The number of methoxy groups -OCH3 is 1. The third kappa shape index (κ3) is 4.38. The van der Waals surface area contributed by atoms with Crippen LogP contribution in [0.15, 0.2) is 78.9 Å². The fraction of sp³-hybridized carbons (Fsp3) is 0.0800. The van der Waals surface area contributed by atoms with Crippen LogP contribution in [0.3, 0.4) is 0 Å². The van der Waals surface area contributed by atoms with Crippen molar-refractivity contribution in [1.29, 1.82) is 0 Å². The number of carbonyl (C=O) groups is 2. The molecule has 0 saturated carbocycles. The van der Waals surface area contributed by atoms with Gasteiger partial charge in [-0.05, 0) is 30.3 Å². The van der Waals surface area contributed by atoms with Crippen molar-refractivity contribution >= 4 is 34.1 Å². The first-order valence-corrected chi connectivity index (χ1v) is 9.77. The second kappa shape index (κ2) is 8.67. The molecule has 6 heteroatoms. The Morgan fingerprint density at radius 1 is 0.871 bits per heavy atom. The van der Waals surface area contributed by atoms with Crippen LogP contribution in [0.5, 0.6) is 5.75 Å². The van der Waals surface area contributed by atoms with E-state index in [0.717, 1.165) is 22.2 Å². The normalized spacial score (nSPS) is 10.5. The molecule has 0 bridgehead atoms. The molecule has 0 spiro atoms. The van der Waals surface area contributed by atoms with E-state index in [4.69, 9.17) is 9.72 Å². The van der Waals surface area contributed by atoms with E-state index in [1.807, 2.05) is 54.6 Å². The molecule has 0 unspecified atom stereocenters.